The van der Waals surface area contributed by atoms with Crippen molar-refractivity contribution in [2.24, 2.45) is 0 Å². The van der Waals surface area contributed by atoms with E-state index in [1.165, 1.54) is 23.8 Å². The van der Waals surface area contributed by atoms with Crippen molar-refractivity contribution in [3.05, 3.63) is 65.0 Å². The molecule has 4 heteroatoms. The van der Waals surface area contributed by atoms with E-state index in [1.54, 1.807) is 6.07 Å². The summed E-state index contributed by atoms with van der Waals surface area (Å²) < 4.78 is 13.2. The first kappa shape index (κ1) is 14.7. The highest BCUT2D eigenvalue weighted by molar-refractivity contribution is 5.91. The average Bonchev–Trinajstić information content (AvgIpc) is 2.48. The SMILES string of the molecule is Cc1ccc(CCC(=O)Nc2ccc(F)c(C#N)c2)cc1. The second-order valence-corrected chi connectivity index (χ2v) is 4.84. The molecule has 21 heavy (non-hydrogen) atoms. The van der Waals surface area contributed by atoms with Crippen molar-refractivity contribution in [3.8, 4) is 6.07 Å². The van der Waals surface area contributed by atoms with E-state index in [1.807, 2.05) is 31.2 Å². The Balaban J connectivity index is 1.93. The number of amides is 1. The topological polar surface area (TPSA) is 52.9 Å². The van der Waals surface area contributed by atoms with Crippen LogP contribution in [0, 0.1) is 24.1 Å². The lowest BCUT2D eigenvalue weighted by Crippen LogP contribution is -2.12. The lowest BCUT2D eigenvalue weighted by molar-refractivity contribution is -0.116. The van der Waals surface area contributed by atoms with Crippen LogP contribution in [0.5, 0.6) is 0 Å². The van der Waals surface area contributed by atoms with Gasteiger partial charge in [0.05, 0.1) is 5.56 Å². The lowest BCUT2D eigenvalue weighted by Gasteiger charge is -2.06. The molecule has 0 fully saturated rings. The molecule has 2 rings (SSSR count). The second-order valence-electron chi connectivity index (χ2n) is 4.84. The number of nitriles is 1. The van der Waals surface area contributed by atoms with Gasteiger partial charge in [-0.1, -0.05) is 29.8 Å². The number of halogens is 1. The molecule has 0 atom stereocenters. The highest BCUT2D eigenvalue weighted by Gasteiger charge is 2.06. The van der Waals surface area contributed by atoms with Gasteiger partial charge in [-0.15, -0.1) is 0 Å². The van der Waals surface area contributed by atoms with Crippen molar-refractivity contribution in [2.75, 3.05) is 5.32 Å². The van der Waals surface area contributed by atoms with Crippen LogP contribution >= 0.6 is 0 Å². The van der Waals surface area contributed by atoms with Gasteiger partial charge in [-0.3, -0.25) is 4.79 Å². The molecule has 0 aliphatic heterocycles. The summed E-state index contributed by atoms with van der Waals surface area (Å²) in [4.78, 5) is 11.8. The maximum absolute atomic E-state index is 13.2. The van der Waals surface area contributed by atoms with Crippen molar-refractivity contribution in [1.29, 1.82) is 5.26 Å². The summed E-state index contributed by atoms with van der Waals surface area (Å²) >= 11 is 0. The van der Waals surface area contributed by atoms with Gasteiger partial charge >= 0.3 is 0 Å². The van der Waals surface area contributed by atoms with Gasteiger partial charge in [0.15, 0.2) is 0 Å². The molecule has 0 spiro atoms. The lowest BCUT2D eigenvalue weighted by atomic mass is 10.1. The number of benzene rings is 2. The van der Waals surface area contributed by atoms with Gasteiger partial charge in [0.1, 0.15) is 11.9 Å². The molecule has 0 aromatic heterocycles. The Morgan fingerprint density at radius 2 is 1.95 bits per heavy atom. The van der Waals surface area contributed by atoms with Crippen LogP contribution in [0.1, 0.15) is 23.1 Å². The molecular formula is C17H15FN2O. The minimum absolute atomic E-state index is 0.0775. The summed E-state index contributed by atoms with van der Waals surface area (Å²) in [5.74, 6) is -0.749. The number of hydrogen-bond donors (Lipinski definition) is 1. The Morgan fingerprint density at radius 3 is 2.62 bits per heavy atom. The quantitative estimate of drug-likeness (QED) is 0.932. The molecular weight excluding hydrogens is 267 g/mol. The standard InChI is InChI=1S/C17H15FN2O/c1-12-2-4-13(5-3-12)6-9-17(21)20-15-7-8-16(18)14(10-15)11-19/h2-5,7-8,10H,6,9H2,1H3,(H,20,21). The number of rotatable bonds is 4. The Kier molecular flexibility index (Phi) is 4.68. The largest absolute Gasteiger partial charge is 0.326 e. The molecule has 1 amide bonds. The predicted molar refractivity (Wildman–Crippen MR) is 79.2 cm³/mol. The van der Waals surface area contributed by atoms with Gasteiger partial charge in [-0.05, 0) is 37.1 Å². The van der Waals surface area contributed by atoms with Crippen LogP contribution < -0.4 is 5.32 Å². The number of carbonyl (C=O) groups is 1. The third kappa shape index (κ3) is 4.15. The molecule has 3 nitrogen and oxygen atoms in total. The fourth-order valence-electron chi connectivity index (χ4n) is 1.92. The molecule has 0 saturated heterocycles. The van der Waals surface area contributed by atoms with Gasteiger partial charge in [0.25, 0.3) is 0 Å². The highest BCUT2D eigenvalue weighted by Crippen LogP contribution is 2.14. The van der Waals surface area contributed by atoms with Crippen molar-refractivity contribution in [1.82, 2.24) is 0 Å². The Labute approximate surface area is 123 Å². The van der Waals surface area contributed by atoms with Gasteiger partial charge in [-0.2, -0.15) is 5.26 Å². The van der Waals surface area contributed by atoms with Crippen LogP contribution in [0.4, 0.5) is 10.1 Å². The normalized spacial score (nSPS) is 9.95. The maximum Gasteiger partial charge on any atom is 0.224 e. The van der Waals surface area contributed by atoms with Crippen LogP contribution in [0.2, 0.25) is 0 Å². The van der Waals surface area contributed by atoms with Crippen molar-refractivity contribution >= 4 is 11.6 Å². The Bertz CT molecular complexity index is 687. The number of nitrogens with one attached hydrogen (secondary N) is 1. The van der Waals surface area contributed by atoms with Crippen molar-refractivity contribution < 1.29 is 9.18 Å². The van der Waals surface area contributed by atoms with Gasteiger partial charge in [0, 0.05) is 12.1 Å². The van der Waals surface area contributed by atoms with Crippen LogP contribution in [0.25, 0.3) is 0 Å². The van der Waals surface area contributed by atoms with Crippen molar-refractivity contribution in [2.45, 2.75) is 19.8 Å². The first-order chi connectivity index (χ1) is 10.1. The Morgan fingerprint density at radius 1 is 1.24 bits per heavy atom. The molecule has 2 aromatic carbocycles. The van der Waals surface area contributed by atoms with Crippen LogP contribution in [0.3, 0.4) is 0 Å². The molecule has 0 unspecified atom stereocenters. The monoisotopic (exact) mass is 282 g/mol. The number of nitrogens with zero attached hydrogens (tertiary/aromatic N) is 1. The third-order valence-electron chi connectivity index (χ3n) is 3.13. The number of hydrogen-bond acceptors (Lipinski definition) is 2. The molecule has 0 saturated carbocycles. The first-order valence-electron chi connectivity index (χ1n) is 6.63. The van der Waals surface area contributed by atoms with E-state index in [9.17, 15) is 9.18 Å². The summed E-state index contributed by atoms with van der Waals surface area (Å²) in [6, 6.07) is 13.7. The zero-order valence-electron chi connectivity index (χ0n) is 11.7. The molecule has 106 valence electrons. The fourth-order valence-corrected chi connectivity index (χ4v) is 1.92. The molecule has 0 aliphatic carbocycles. The average molecular weight is 282 g/mol. The second kappa shape index (κ2) is 6.67. The highest BCUT2D eigenvalue weighted by atomic mass is 19.1. The molecule has 0 radical (unpaired) electrons. The molecule has 2 aromatic rings. The summed E-state index contributed by atoms with van der Waals surface area (Å²) in [6.07, 6.45) is 0.973. The van der Waals surface area contributed by atoms with Crippen LogP contribution in [-0.4, -0.2) is 5.91 Å². The molecule has 0 bridgehead atoms. The minimum Gasteiger partial charge on any atom is -0.326 e. The number of aryl methyl sites for hydroxylation is 2. The summed E-state index contributed by atoms with van der Waals surface area (Å²) in [5.41, 5.74) is 2.62. The van der Waals surface area contributed by atoms with Gasteiger partial charge in [-0.25, -0.2) is 4.39 Å². The smallest absolute Gasteiger partial charge is 0.224 e. The maximum atomic E-state index is 13.2. The zero-order chi connectivity index (χ0) is 15.2. The number of anilines is 1. The third-order valence-corrected chi connectivity index (χ3v) is 3.13. The molecule has 0 aliphatic rings. The van der Waals surface area contributed by atoms with E-state index in [0.29, 0.717) is 18.5 Å². The van der Waals surface area contributed by atoms with E-state index in [-0.39, 0.29) is 11.5 Å². The minimum atomic E-state index is -0.588. The van der Waals surface area contributed by atoms with Gasteiger partial charge in [0.2, 0.25) is 5.91 Å². The van der Waals surface area contributed by atoms with Crippen molar-refractivity contribution in [3.63, 3.8) is 0 Å². The summed E-state index contributed by atoms with van der Waals surface area (Å²) in [6.45, 7) is 2.01. The van der Waals surface area contributed by atoms with E-state index in [4.69, 9.17) is 5.26 Å². The Hall–Kier alpha value is -2.67. The van der Waals surface area contributed by atoms with E-state index in [2.05, 4.69) is 5.32 Å². The van der Waals surface area contributed by atoms with E-state index < -0.39 is 5.82 Å². The summed E-state index contributed by atoms with van der Waals surface area (Å²) in [7, 11) is 0. The fraction of sp³-hybridized carbons (Fsp3) is 0.176. The predicted octanol–water partition coefficient (Wildman–Crippen LogP) is 3.58. The van der Waals surface area contributed by atoms with Crippen LogP contribution in [-0.2, 0) is 11.2 Å². The summed E-state index contributed by atoms with van der Waals surface area (Å²) in [5, 5.41) is 11.4. The van der Waals surface area contributed by atoms with E-state index >= 15 is 0 Å². The van der Waals surface area contributed by atoms with Crippen LogP contribution in [0.15, 0.2) is 42.5 Å². The van der Waals surface area contributed by atoms with E-state index in [0.717, 1.165) is 5.56 Å². The molecule has 0 heterocycles. The first-order valence-corrected chi connectivity index (χ1v) is 6.63. The zero-order valence-corrected chi connectivity index (χ0v) is 11.7. The number of carbonyl (C=O) groups excluding carboxylic acids is 1. The van der Waals surface area contributed by atoms with Gasteiger partial charge < -0.3 is 5.32 Å². The molecule has 1 N–H and O–H groups in total.